The molecule has 1 N–H and O–H groups in total. The average molecular weight is 290 g/mol. The summed E-state index contributed by atoms with van der Waals surface area (Å²) < 4.78 is 4.88. The van der Waals surface area contributed by atoms with E-state index in [1.165, 1.54) is 11.8 Å². The van der Waals surface area contributed by atoms with E-state index in [2.05, 4.69) is 5.32 Å². The monoisotopic (exact) mass is 290 g/mol. The van der Waals surface area contributed by atoms with Gasteiger partial charge in [0.05, 0.1) is 11.6 Å². The van der Waals surface area contributed by atoms with Gasteiger partial charge in [-0.2, -0.15) is 5.26 Å². The van der Waals surface area contributed by atoms with Crippen LogP contribution < -0.4 is 5.32 Å². The van der Waals surface area contributed by atoms with Gasteiger partial charge in [0.25, 0.3) is 0 Å². The number of nitrogens with one attached hydrogen (secondary N) is 1. The Morgan fingerprint density at radius 2 is 2.15 bits per heavy atom. The summed E-state index contributed by atoms with van der Waals surface area (Å²) in [6, 6.07) is 9.88. The van der Waals surface area contributed by atoms with Crippen molar-refractivity contribution in [3.63, 3.8) is 0 Å². The number of ether oxygens (including phenoxy) is 1. The highest BCUT2D eigenvalue weighted by Gasteiger charge is 2.16. The minimum Gasteiger partial charge on any atom is -0.462 e. The molecule has 1 aromatic carbocycles. The zero-order valence-corrected chi connectivity index (χ0v) is 12.7. The first-order valence-electron chi connectivity index (χ1n) is 6.27. The van der Waals surface area contributed by atoms with Crippen LogP contribution in [0.3, 0.4) is 0 Å². The Hall–Kier alpha value is -1.93. The first kappa shape index (κ1) is 16.1. The molecule has 4 nitrogen and oxygen atoms in total. The van der Waals surface area contributed by atoms with Crippen molar-refractivity contribution in [2.75, 3.05) is 12.9 Å². The Morgan fingerprint density at radius 1 is 1.45 bits per heavy atom. The number of esters is 1. The number of nitriles is 1. The first-order valence-corrected chi connectivity index (χ1v) is 7.50. The van der Waals surface area contributed by atoms with Crippen LogP contribution in [0, 0.1) is 18.3 Å². The summed E-state index contributed by atoms with van der Waals surface area (Å²) in [4.78, 5) is 11.7. The van der Waals surface area contributed by atoms with Gasteiger partial charge in [-0.15, -0.1) is 11.8 Å². The van der Waals surface area contributed by atoms with E-state index in [9.17, 15) is 4.79 Å². The van der Waals surface area contributed by atoms with Crippen LogP contribution in [0.4, 0.5) is 0 Å². The minimum absolute atomic E-state index is 0.0212. The number of carbonyl (C=O) groups is 1. The summed E-state index contributed by atoms with van der Waals surface area (Å²) in [7, 11) is 0. The molecule has 0 spiro atoms. The number of nitrogens with zero attached hydrogens (tertiary/aromatic N) is 1. The number of thioether (sulfide) groups is 1. The van der Waals surface area contributed by atoms with Crippen LogP contribution in [0.5, 0.6) is 0 Å². The van der Waals surface area contributed by atoms with Gasteiger partial charge >= 0.3 is 5.97 Å². The molecule has 0 bridgehead atoms. The smallest absolute Gasteiger partial charge is 0.351 e. The lowest BCUT2D eigenvalue weighted by atomic mass is 10.1. The number of aryl methyl sites for hydroxylation is 1. The number of hydrogen-bond donors (Lipinski definition) is 1. The van der Waals surface area contributed by atoms with E-state index in [1.54, 1.807) is 6.92 Å². The van der Waals surface area contributed by atoms with Crippen molar-refractivity contribution < 1.29 is 9.53 Å². The highest BCUT2D eigenvalue weighted by Crippen LogP contribution is 2.16. The fourth-order valence-electron chi connectivity index (χ4n) is 1.64. The van der Waals surface area contributed by atoms with E-state index < -0.39 is 5.97 Å². The molecule has 5 heteroatoms. The Labute approximate surface area is 123 Å². The van der Waals surface area contributed by atoms with Crippen LogP contribution in [0.1, 0.15) is 18.1 Å². The molecule has 1 aromatic rings. The summed E-state index contributed by atoms with van der Waals surface area (Å²) >= 11 is 1.33. The third-order valence-corrected chi connectivity index (χ3v) is 3.48. The lowest BCUT2D eigenvalue weighted by molar-refractivity contribution is -0.138. The topological polar surface area (TPSA) is 62.1 Å². The summed E-state index contributed by atoms with van der Waals surface area (Å²) in [5.41, 5.74) is 2.31. The van der Waals surface area contributed by atoms with Crippen molar-refractivity contribution in [2.45, 2.75) is 20.4 Å². The first-order chi connectivity index (χ1) is 9.63. The van der Waals surface area contributed by atoms with E-state index in [0.29, 0.717) is 11.6 Å². The lowest BCUT2D eigenvalue weighted by Gasteiger charge is -2.12. The highest BCUT2D eigenvalue weighted by molar-refractivity contribution is 8.02. The molecular weight excluding hydrogens is 272 g/mol. The highest BCUT2D eigenvalue weighted by atomic mass is 32.2. The Bertz CT molecular complexity index is 547. The summed E-state index contributed by atoms with van der Waals surface area (Å²) in [5, 5.41) is 12.8. The van der Waals surface area contributed by atoms with Crippen LogP contribution in [-0.2, 0) is 16.1 Å². The summed E-state index contributed by atoms with van der Waals surface area (Å²) in [5.74, 6) is -0.586. The molecule has 0 aliphatic carbocycles. The van der Waals surface area contributed by atoms with E-state index in [1.807, 2.05) is 43.5 Å². The fourth-order valence-corrected chi connectivity index (χ4v) is 2.19. The number of rotatable bonds is 6. The minimum atomic E-state index is -0.586. The van der Waals surface area contributed by atoms with E-state index in [0.717, 1.165) is 11.1 Å². The average Bonchev–Trinajstić information content (AvgIpc) is 2.45. The largest absolute Gasteiger partial charge is 0.462 e. The second-order valence-electron chi connectivity index (χ2n) is 4.02. The second-order valence-corrected chi connectivity index (χ2v) is 4.84. The lowest BCUT2D eigenvalue weighted by Crippen LogP contribution is -2.17. The molecule has 0 atom stereocenters. The van der Waals surface area contributed by atoms with Crippen LogP contribution in [-0.4, -0.2) is 18.8 Å². The molecule has 0 aromatic heterocycles. The number of carbonyl (C=O) groups excluding carboxylic acids is 1. The summed E-state index contributed by atoms with van der Waals surface area (Å²) in [6.45, 7) is 4.55. The molecule has 1 rings (SSSR count). The Kier molecular flexibility index (Phi) is 6.68. The van der Waals surface area contributed by atoms with Crippen molar-refractivity contribution in [2.24, 2.45) is 0 Å². The van der Waals surface area contributed by atoms with Gasteiger partial charge < -0.3 is 10.1 Å². The van der Waals surface area contributed by atoms with Crippen molar-refractivity contribution >= 4 is 17.7 Å². The zero-order valence-electron chi connectivity index (χ0n) is 11.9. The molecule has 0 aliphatic heterocycles. The molecule has 0 amide bonds. The molecule has 106 valence electrons. The Morgan fingerprint density at radius 3 is 2.70 bits per heavy atom. The van der Waals surface area contributed by atoms with Crippen LogP contribution in [0.25, 0.3) is 0 Å². The second kappa shape index (κ2) is 8.28. The van der Waals surface area contributed by atoms with Crippen molar-refractivity contribution in [1.82, 2.24) is 5.32 Å². The normalized spacial score (nSPS) is 11.3. The van der Waals surface area contributed by atoms with Gasteiger partial charge in [-0.3, -0.25) is 0 Å². The SMILES string of the molecule is CCOC(=O)/C(C#N)=C(/NCc1ccccc1C)SC. The van der Waals surface area contributed by atoms with Gasteiger partial charge in [0.1, 0.15) is 6.07 Å². The van der Waals surface area contributed by atoms with Crippen LogP contribution >= 0.6 is 11.8 Å². The van der Waals surface area contributed by atoms with Crippen LogP contribution in [0.15, 0.2) is 34.9 Å². The van der Waals surface area contributed by atoms with Gasteiger partial charge in [-0.05, 0) is 31.2 Å². The van der Waals surface area contributed by atoms with Gasteiger partial charge in [0.2, 0.25) is 0 Å². The van der Waals surface area contributed by atoms with Gasteiger partial charge in [-0.1, -0.05) is 24.3 Å². The maximum Gasteiger partial charge on any atom is 0.351 e. The molecule has 0 saturated carbocycles. The molecule has 0 aliphatic rings. The van der Waals surface area contributed by atoms with Crippen molar-refractivity contribution in [3.05, 3.63) is 46.0 Å². The standard InChI is InChI=1S/C15H18N2O2S/c1-4-19-15(18)13(9-16)14(20-3)17-10-12-8-6-5-7-11(12)2/h5-8,17H,4,10H2,1-3H3/b14-13-. The summed E-state index contributed by atoms with van der Waals surface area (Å²) in [6.07, 6.45) is 1.82. The molecular formula is C15H18N2O2S. The van der Waals surface area contributed by atoms with E-state index in [-0.39, 0.29) is 12.2 Å². The number of hydrogen-bond acceptors (Lipinski definition) is 5. The molecule has 0 radical (unpaired) electrons. The zero-order chi connectivity index (χ0) is 15.0. The molecule has 0 fully saturated rings. The Balaban J connectivity index is 2.88. The van der Waals surface area contributed by atoms with Crippen molar-refractivity contribution in [1.29, 1.82) is 5.26 Å². The maximum absolute atomic E-state index is 11.7. The predicted molar refractivity (Wildman–Crippen MR) is 80.8 cm³/mol. The van der Waals surface area contributed by atoms with Crippen molar-refractivity contribution in [3.8, 4) is 6.07 Å². The van der Waals surface area contributed by atoms with Gasteiger partial charge in [0.15, 0.2) is 5.57 Å². The molecule has 0 heterocycles. The van der Waals surface area contributed by atoms with Crippen LogP contribution in [0.2, 0.25) is 0 Å². The van der Waals surface area contributed by atoms with E-state index in [4.69, 9.17) is 10.00 Å². The third kappa shape index (κ3) is 4.32. The molecule has 0 saturated heterocycles. The fraction of sp³-hybridized carbons (Fsp3) is 0.333. The molecule has 0 unspecified atom stereocenters. The van der Waals surface area contributed by atoms with E-state index >= 15 is 0 Å². The predicted octanol–water partition coefficient (Wildman–Crippen LogP) is 2.75. The quantitative estimate of drug-likeness (QED) is 0.496. The third-order valence-electron chi connectivity index (χ3n) is 2.72. The van der Waals surface area contributed by atoms with Gasteiger partial charge in [-0.25, -0.2) is 4.79 Å². The molecule has 20 heavy (non-hydrogen) atoms. The number of benzene rings is 1. The maximum atomic E-state index is 11.7. The van der Waals surface area contributed by atoms with Gasteiger partial charge in [0, 0.05) is 6.54 Å².